The number of methoxy groups -OCH3 is 1. The number of nitrogens with one attached hydrogen (secondary N) is 1. The van der Waals surface area contributed by atoms with Crippen LogP contribution in [0.5, 0.6) is 0 Å². The van der Waals surface area contributed by atoms with Gasteiger partial charge in [0.15, 0.2) is 0 Å². The fourth-order valence-corrected chi connectivity index (χ4v) is 2.38. The molecule has 0 radical (unpaired) electrons. The molecule has 5 nitrogen and oxygen atoms in total. The van der Waals surface area contributed by atoms with Crippen LogP contribution in [0.15, 0.2) is 0 Å². The summed E-state index contributed by atoms with van der Waals surface area (Å²) in [5.74, 6) is 0.161. The number of carbonyl (C=O) groups is 1. The quantitative estimate of drug-likeness (QED) is 0.693. The minimum absolute atomic E-state index is 0.0312. The molecule has 2 unspecified atom stereocenters. The maximum atomic E-state index is 12.2. The molecule has 0 aliphatic carbocycles. The Kier molecular flexibility index (Phi) is 7.23. The highest BCUT2D eigenvalue weighted by Gasteiger charge is 2.23. The SMILES string of the molecule is COCC(CCO)NC(C)C(=O)N1CCCCC1. The van der Waals surface area contributed by atoms with Crippen molar-refractivity contribution in [2.75, 3.05) is 33.4 Å². The molecular formula is C13H26N2O3. The molecule has 1 fully saturated rings. The first-order valence-corrected chi connectivity index (χ1v) is 6.83. The molecule has 2 atom stereocenters. The number of hydrogen-bond acceptors (Lipinski definition) is 4. The standard InChI is InChI=1S/C13H26N2O3/c1-11(14-12(6-9-16)10-18-2)13(17)15-7-4-3-5-8-15/h11-12,14,16H,3-10H2,1-2H3. The van der Waals surface area contributed by atoms with E-state index < -0.39 is 0 Å². The van der Waals surface area contributed by atoms with E-state index in [0.717, 1.165) is 25.9 Å². The van der Waals surface area contributed by atoms with Crippen molar-refractivity contribution in [2.45, 2.75) is 44.7 Å². The zero-order chi connectivity index (χ0) is 13.4. The molecule has 1 aliphatic heterocycles. The van der Waals surface area contributed by atoms with Gasteiger partial charge in [0.25, 0.3) is 0 Å². The fourth-order valence-electron chi connectivity index (χ4n) is 2.38. The van der Waals surface area contributed by atoms with Crippen LogP contribution in [0.25, 0.3) is 0 Å². The molecule has 0 saturated carbocycles. The van der Waals surface area contributed by atoms with Gasteiger partial charge in [-0.25, -0.2) is 0 Å². The monoisotopic (exact) mass is 258 g/mol. The summed E-state index contributed by atoms with van der Waals surface area (Å²) >= 11 is 0. The first kappa shape index (κ1) is 15.4. The fraction of sp³-hybridized carbons (Fsp3) is 0.923. The number of ether oxygens (including phenoxy) is 1. The molecule has 106 valence electrons. The smallest absolute Gasteiger partial charge is 0.239 e. The molecule has 0 spiro atoms. The van der Waals surface area contributed by atoms with Gasteiger partial charge >= 0.3 is 0 Å². The molecule has 1 heterocycles. The third-order valence-corrected chi connectivity index (χ3v) is 3.37. The average molecular weight is 258 g/mol. The summed E-state index contributed by atoms with van der Waals surface area (Å²) in [4.78, 5) is 14.1. The normalized spacial score (nSPS) is 19.6. The summed E-state index contributed by atoms with van der Waals surface area (Å²) in [6, 6.07) is -0.182. The van der Waals surface area contributed by atoms with Gasteiger partial charge in [-0.05, 0) is 32.6 Å². The number of hydrogen-bond donors (Lipinski definition) is 2. The van der Waals surface area contributed by atoms with Crippen molar-refractivity contribution in [1.29, 1.82) is 0 Å². The van der Waals surface area contributed by atoms with Gasteiger partial charge in [0, 0.05) is 32.8 Å². The highest BCUT2D eigenvalue weighted by molar-refractivity contribution is 5.81. The van der Waals surface area contributed by atoms with Crippen LogP contribution in [0.4, 0.5) is 0 Å². The van der Waals surface area contributed by atoms with Gasteiger partial charge in [0.1, 0.15) is 0 Å². The van der Waals surface area contributed by atoms with Crippen LogP contribution in [0.3, 0.4) is 0 Å². The maximum absolute atomic E-state index is 12.2. The number of likely N-dealkylation sites (tertiary alicyclic amines) is 1. The minimum atomic E-state index is -0.213. The number of nitrogens with zero attached hydrogens (tertiary/aromatic N) is 1. The van der Waals surface area contributed by atoms with Crippen molar-refractivity contribution in [3.8, 4) is 0 Å². The molecule has 0 aromatic carbocycles. The van der Waals surface area contributed by atoms with E-state index in [0.29, 0.717) is 13.0 Å². The van der Waals surface area contributed by atoms with Crippen LogP contribution in [0.2, 0.25) is 0 Å². The summed E-state index contributed by atoms with van der Waals surface area (Å²) < 4.78 is 5.08. The van der Waals surface area contributed by atoms with E-state index in [2.05, 4.69) is 5.32 Å². The van der Waals surface area contributed by atoms with Crippen molar-refractivity contribution in [3.05, 3.63) is 0 Å². The lowest BCUT2D eigenvalue weighted by molar-refractivity contribution is -0.134. The van der Waals surface area contributed by atoms with E-state index in [9.17, 15) is 4.79 Å². The lowest BCUT2D eigenvalue weighted by atomic mass is 10.1. The second kappa shape index (κ2) is 8.45. The van der Waals surface area contributed by atoms with Gasteiger partial charge in [-0.1, -0.05) is 0 Å². The van der Waals surface area contributed by atoms with Crippen LogP contribution in [-0.2, 0) is 9.53 Å². The summed E-state index contributed by atoms with van der Waals surface area (Å²) in [7, 11) is 1.63. The first-order valence-electron chi connectivity index (χ1n) is 6.83. The van der Waals surface area contributed by atoms with Crippen molar-refractivity contribution >= 4 is 5.91 Å². The number of rotatable bonds is 7. The molecule has 2 N–H and O–H groups in total. The molecule has 0 bridgehead atoms. The highest BCUT2D eigenvalue weighted by atomic mass is 16.5. The Labute approximate surface area is 109 Å². The molecule has 1 amide bonds. The summed E-state index contributed by atoms with van der Waals surface area (Å²) in [6.07, 6.45) is 4.04. The average Bonchev–Trinajstić information content (AvgIpc) is 2.39. The Bertz CT molecular complexity index is 236. The summed E-state index contributed by atoms with van der Waals surface area (Å²) in [5.41, 5.74) is 0. The Morgan fingerprint density at radius 3 is 2.61 bits per heavy atom. The molecule has 1 rings (SSSR count). The van der Waals surface area contributed by atoms with Crippen LogP contribution >= 0.6 is 0 Å². The van der Waals surface area contributed by atoms with E-state index in [4.69, 9.17) is 9.84 Å². The molecule has 1 saturated heterocycles. The molecule has 18 heavy (non-hydrogen) atoms. The molecule has 0 aromatic heterocycles. The number of amides is 1. The van der Waals surface area contributed by atoms with Gasteiger partial charge in [0.05, 0.1) is 12.6 Å². The van der Waals surface area contributed by atoms with Gasteiger partial charge in [-0.2, -0.15) is 0 Å². The van der Waals surface area contributed by atoms with E-state index in [-0.39, 0.29) is 24.6 Å². The van der Waals surface area contributed by atoms with Crippen LogP contribution in [-0.4, -0.2) is 61.4 Å². The van der Waals surface area contributed by atoms with E-state index >= 15 is 0 Å². The number of aliphatic hydroxyl groups excluding tert-OH is 1. The number of piperidine rings is 1. The number of carbonyl (C=O) groups excluding carboxylic acids is 1. The topological polar surface area (TPSA) is 61.8 Å². The van der Waals surface area contributed by atoms with Gasteiger partial charge in [-0.15, -0.1) is 0 Å². The maximum Gasteiger partial charge on any atom is 0.239 e. The second-order valence-electron chi connectivity index (χ2n) is 4.94. The predicted octanol–water partition coefficient (Wildman–Crippen LogP) is 0.374. The molecule has 5 heteroatoms. The largest absolute Gasteiger partial charge is 0.396 e. The van der Waals surface area contributed by atoms with Gasteiger partial charge < -0.3 is 20.1 Å². The second-order valence-corrected chi connectivity index (χ2v) is 4.94. The van der Waals surface area contributed by atoms with E-state index in [1.807, 2.05) is 11.8 Å². The van der Waals surface area contributed by atoms with Crippen molar-refractivity contribution in [2.24, 2.45) is 0 Å². The van der Waals surface area contributed by atoms with E-state index in [1.165, 1.54) is 6.42 Å². The Balaban J connectivity index is 2.40. The van der Waals surface area contributed by atoms with Crippen molar-refractivity contribution in [1.82, 2.24) is 10.2 Å². The Hall–Kier alpha value is -0.650. The summed E-state index contributed by atoms with van der Waals surface area (Å²) in [5, 5.41) is 12.2. The Morgan fingerprint density at radius 1 is 1.39 bits per heavy atom. The molecular weight excluding hydrogens is 232 g/mol. The zero-order valence-electron chi connectivity index (χ0n) is 11.5. The first-order chi connectivity index (χ1) is 8.69. The van der Waals surface area contributed by atoms with Gasteiger partial charge in [-0.3, -0.25) is 4.79 Å². The van der Waals surface area contributed by atoms with E-state index in [1.54, 1.807) is 7.11 Å². The highest BCUT2D eigenvalue weighted by Crippen LogP contribution is 2.10. The zero-order valence-corrected chi connectivity index (χ0v) is 11.5. The molecule has 1 aliphatic rings. The Morgan fingerprint density at radius 2 is 2.06 bits per heavy atom. The van der Waals surface area contributed by atoms with Crippen LogP contribution in [0, 0.1) is 0 Å². The van der Waals surface area contributed by atoms with Crippen LogP contribution in [0.1, 0.15) is 32.6 Å². The third kappa shape index (κ3) is 4.92. The summed E-state index contributed by atoms with van der Waals surface area (Å²) in [6.45, 7) is 4.25. The van der Waals surface area contributed by atoms with Crippen molar-refractivity contribution in [3.63, 3.8) is 0 Å². The van der Waals surface area contributed by atoms with Gasteiger partial charge in [0.2, 0.25) is 5.91 Å². The number of aliphatic hydroxyl groups is 1. The minimum Gasteiger partial charge on any atom is -0.396 e. The lowest BCUT2D eigenvalue weighted by Gasteiger charge is -2.31. The third-order valence-electron chi connectivity index (χ3n) is 3.37. The molecule has 0 aromatic rings. The lowest BCUT2D eigenvalue weighted by Crippen LogP contribution is -2.50. The predicted molar refractivity (Wildman–Crippen MR) is 70.4 cm³/mol. The van der Waals surface area contributed by atoms with Crippen LogP contribution < -0.4 is 5.32 Å². The van der Waals surface area contributed by atoms with Crippen molar-refractivity contribution < 1.29 is 14.6 Å².